The standard InChI is InChI=1S/C19H17ClN2O3S/c20-15-4-1-5-16-18(15)21-19(26-16)25-14-8-10-22(11-9-14)17(23)7-6-13-3-2-12-24-13/h1-7,12,14H,8-11H2/b7-6+. The number of furan rings is 1. The first-order chi connectivity index (χ1) is 12.7. The molecule has 3 heterocycles. The second kappa shape index (κ2) is 7.51. The van der Waals surface area contributed by atoms with Crippen LogP contribution in [0.4, 0.5) is 0 Å². The summed E-state index contributed by atoms with van der Waals surface area (Å²) in [5.74, 6) is 0.665. The first kappa shape index (κ1) is 17.1. The molecule has 0 N–H and O–H groups in total. The summed E-state index contributed by atoms with van der Waals surface area (Å²) in [7, 11) is 0. The fourth-order valence-corrected chi connectivity index (χ4v) is 4.11. The van der Waals surface area contributed by atoms with Gasteiger partial charge in [-0.15, -0.1) is 0 Å². The fraction of sp³-hybridized carbons (Fsp3) is 0.263. The number of amides is 1. The summed E-state index contributed by atoms with van der Waals surface area (Å²) in [5, 5.41) is 1.27. The third-order valence-electron chi connectivity index (χ3n) is 4.30. The van der Waals surface area contributed by atoms with Gasteiger partial charge in [-0.25, -0.2) is 4.98 Å². The van der Waals surface area contributed by atoms with Crippen molar-refractivity contribution in [2.75, 3.05) is 13.1 Å². The van der Waals surface area contributed by atoms with Crippen LogP contribution in [-0.4, -0.2) is 35.0 Å². The molecule has 0 saturated carbocycles. The van der Waals surface area contributed by atoms with Crippen molar-refractivity contribution in [3.8, 4) is 5.19 Å². The van der Waals surface area contributed by atoms with Gasteiger partial charge in [-0.05, 0) is 30.3 Å². The molecule has 1 aliphatic rings. The summed E-state index contributed by atoms with van der Waals surface area (Å²) < 4.78 is 12.2. The Morgan fingerprint density at radius 2 is 2.15 bits per heavy atom. The van der Waals surface area contributed by atoms with Crippen LogP contribution in [0.5, 0.6) is 5.19 Å². The van der Waals surface area contributed by atoms with Gasteiger partial charge in [-0.1, -0.05) is 29.0 Å². The van der Waals surface area contributed by atoms with Gasteiger partial charge in [-0.2, -0.15) is 0 Å². The molecule has 0 radical (unpaired) electrons. The van der Waals surface area contributed by atoms with Crippen molar-refractivity contribution >= 4 is 45.1 Å². The number of piperidine rings is 1. The fourth-order valence-electron chi connectivity index (χ4n) is 2.93. The molecular weight excluding hydrogens is 372 g/mol. The summed E-state index contributed by atoms with van der Waals surface area (Å²) >= 11 is 7.66. The monoisotopic (exact) mass is 388 g/mol. The van der Waals surface area contributed by atoms with Crippen LogP contribution in [0.1, 0.15) is 18.6 Å². The molecule has 26 heavy (non-hydrogen) atoms. The maximum absolute atomic E-state index is 12.2. The molecule has 2 aromatic heterocycles. The molecule has 1 saturated heterocycles. The van der Waals surface area contributed by atoms with Gasteiger partial charge in [0.15, 0.2) is 0 Å². The van der Waals surface area contributed by atoms with Crippen molar-refractivity contribution in [1.29, 1.82) is 0 Å². The van der Waals surface area contributed by atoms with E-state index in [9.17, 15) is 4.79 Å². The summed E-state index contributed by atoms with van der Waals surface area (Å²) in [5.41, 5.74) is 0.782. The summed E-state index contributed by atoms with van der Waals surface area (Å²) in [6, 6.07) is 9.33. The number of aromatic nitrogens is 1. The Bertz CT molecular complexity index is 928. The molecule has 0 unspecified atom stereocenters. The minimum atomic E-state index is -0.00776. The van der Waals surface area contributed by atoms with Crippen LogP contribution in [0, 0.1) is 0 Å². The predicted molar refractivity (Wildman–Crippen MR) is 103 cm³/mol. The van der Waals surface area contributed by atoms with E-state index >= 15 is 0 Å². The van der Waals surface area contributed by atoms with Crippen LogP contribution >= 0.6 is 22.9 Å². The second-order valence-corrected chi connectivity index (χ2v) is 7.46. The number of nitrogens with zero attached hydrogens (tertiary/aromatic N) is 2. The lowest BCUT2D eigenvalue weighted by molar-refractivity contribution is -0.127. The Balaban J connectivity index is 1.33. The zero-order valence-corrected chi connectivity index (χ0v) is 15.5. The van der Waals surface area contributed by atoms with E-state index < -0.39 is 0 Å². The van der Waals surface area contributed by atoms with Gasteiger partial charge in [0.25, 0.3) is 5.19 Å². The number of halogens is 1. The van der Waals surface area contributed by atoms with Gasteiger partial charge in [0.1, 0.15) is 17.4 Å². The van der Waals surface area contributed by atoms with Crippen molar-refractivity contribution < 1.29 is 13.9 Å². The number of thiazole rings is 1. The lowest BCUT2D eigenvalue weighted by Crippen LogP contribution is -2.41. The number of carbonyl (C=O) groups is 1. The number of fused-ring (bicyclic) bond motifs is 1. The molecule has 5 nitrogen and oxygen atoms in total. The molecule has 4 rings (SSSR count). The Hall–Kier alpha value is -2.31. The lowest BCUT2D eigenvalue weighted by Gasteiger charge is -2.30. The molecule has 134 valence electrons. The molecule has 1 aliphatic heterocycles. The van der Waals surface area contributed by atoms with Crippen LogP contribution in [0.25, 0.3) is 16.3 Å². The number of ether oxygens (including phenoxy) is 1. The van der Waals surface area contributed by atoms with Crippen molar-refractivity contribution in [3.05, 3.63) is 53.5 Å². The average Bonchev–Trinajstić information content (AvgIpc) is 3.30. The van der Waals surface area contributed by atoms with Crippen molar-refractivity contribution in [3.63, 3.8) is 0 Å². The quantitative estimate of drug-likeness (QED) is 0.611. The SMILES string of the molecule is O=C(/C=C/c1ccco1)N1CCC(Oc2nc3c(Cl)cccc3s2)CC1. The highest BCUT2D eigenvalue weighted by atomic mass is 35.5. The molecular formula is C19H17ClN2O3S. The molecule has 0 bridgehead atoms. The van der Waals surface area contributed by atoms with Crippen molar-refractivity contribution in [1.82, 2.24) is 9.88 Å². The van der Waals surface area contributed by atoms with Crippen LogP contribution in [0.15, 0.2) is 47.1 Å². The van der Waals surface area contributed by atoms with E-state index in [-0.39, 0.29) is 12.0 Å². The minimum absolute atomic E-state index is 0.00776. The highest BCUT2D eigenvalue weighted by Crippen LogP contribution is 2.33. The molecule has 0 spiro atoms. The van der Waals surface area contributed by atoms with Gasteiger partial charge in [-0.3, -0.25) is 4.79 Å². The van der Waals surface area contributed by atoms with Crippen LogP contribution < -0.4 is 4.74 Å². The van der Waals surface area contributed by atoms with E-state index in [1.54, 1.807) is 24.5 Å². The molecule has 1 fully saturated rings. The van der Waals surface area contributed by atoms with E-state index in [1.165, 1.54) is 11.3 Å². The summed E-state index contributed by atoms with van der Waals surface area (Å²) in [6.45, 7) is 1.33. The topological polar surface area (TPSA) is 55.6 Å². The number of hydrogen-bond donors (Lipinski definition) is 0. The molecule has 1 amide bonds. The summed E-state index contributed by atoms with van der Waals surface area (Å²) in [4.78, 5) is 18.6. The lowest BCUT2D eigenvalue weighted by atomic mass is 10.1. The number of carbonyl (C=O) groups excluding carboxylic acids is 1. The largest absolute Gasteiger partial charge is 0.467 e. The van der Waals surface area contributed by atoms with Crippen LogP contribution in [0.3, 0.4) is 0 Å². The van der Waals surface area contributed by atoms with E-state index in [2.05, 4.69) is 4.98 Å². The maximum atomic E-state index is 12.2. The molecule has 0 aliphatic carbocycles. The summed E-state index contributed by atoms with van der Waals surface area (Å²) in [6.07, 6.45) is 6.45. The van der Waals surface area contributed by atoms with Gasteiger partial charge in [0, 0.05) is 32.0 Å². The van der Waals surface area contributed by atoms with E-state index in [0.29, 0.717) is 29.1 Å². The molecule has 1 aromatic carbocycles. The van der Waals surface area contributed by atoms with Crippen molar-refractivity contribution in [2.24, 2.45) is 0 Å². The number of para-hydroxylation sites is 1. The third kappa shape index (κ3) is 3.76. The van der Waals surface area contributed by atoms with E-state index in [1.807, 2.05) is 29.2 Å². The van der Waals surface area contributed by atoms with Gasteiger partial charge in [0.05, 0.1) is 16.0 Å². The highest BCUT2D eigenvalue weighted by molar-refractivity contribution is 7.20. The Kier molecular flexibility index (Phi) is 4.95. The van der Waals surface area contributed by atoms with E-state index in [0.717, 1.165) is 23.1 Å². The Morgan fingerprint density at radius 3 is 2.88 bits per heavy atom. The van der Waals surface area contributed by atoms with Crippen molar-refractivity contribution in [2.45, 2.75) is 18.9 Å². The van der Waals surface area contributed by atoms with Gasteiger partial charge in [0.2, 0.25) is 5.91 Å². The number of rotatable bonds is 4. The zero-order chi connectivity index (χ0) is 17.9. The zero-order valence-electron chi connectivity index (χ0n) is 13.9. The third-order valence-corrected chi connectivity index (χ3v) is 5.52. The number of benzene rings is 1. The smallest absolute Gasteiger partial charge is 0.274 e. The van der Waals surface area contributed by atoms with Crippen LogP contribution in [-0.2, 0) is 4.79 Å². The van der Waals surface area contributed by atoms with Crippen LogP contribution in [0.2, 0.25) is 5.02 Å². The van der Waals surface area contributed by atoms with Gasteiger partial charge < -0.3 is 14.1 Å². The number of hydrogen-bond acceptors (Lipinski definition) is 5. The molecule has 0 atom stereocenters. The Morgan fingerprint density at radius 1 is 1.31 bits per heavy atom. The second-order valence-electron chi connectivity index (χ2n) is 6.06. The Labute approximate surface area is 159 Å². The average molecular weight is 389 g/mol. The highest BCUT2D eigenvalue weighted by Gasteiger charge is 2.24. The maximum Gasteiger partial charge on any atom is 0.274 e. The molecule has 3 aromatic rings. The van der Waals surface area contributed by atoms with E-state index in [4.69, 9.17) is 20.8 Å². The van der Waals surface area contributed by atoms with Gasteiger partial charge >= 0.3 is 0 Å². The first-order valence-electron chi connectivity index (χ1n) is 8.41. The normalized spacial score (nSPS) is 15.8. The number of likely N-dealkylation sites (tertiary alicyclic amines) is 1. The minimum Gasteiger partial charge on any atom is -0.467 e. The first-order valence-corrected chi connectivity index (χ1v) is 9.61. The predicted octanol–water partition coefficient (Wildman–Crippen LogP) is 4.63. The molecule has 7 heteroatoms.